The Kier molecular flexibility index (Phi) is 4.39. The smallest absolute Gasteiger partial charge is 0.257 e. The number of amides is 1. The van der Waals surface area contributed by atoms with Gasteiger partial charge in [-0.15, -0.1) is 0 Å². The first kappa shape index (κ1) is 14.8. The summed E-state index contributed by atoms with van der Waals surface area (Å²) in [5.74, 6) is -0.404. The summed E-state index contributed by atoms with van der Waals surface area (Å²) in [4.78, 5) is 16.3. The number of aromatic nitrogens is 1. The lowest BCUT2D eigenvalue weighted by molar-refractivity contribution is 0.102. The maximum atomic E-state index is 12.2. The molecule has 108 valence electrons. The van der Waals surface area contributed by atoms with E-state index in [2.05, 4.69) is 15.5 Å². The van der Waals surface area contributed by atoms with Crippen LogP contribution in [0.5, 0.6) is 0 Å². The van der Waals surface area contributed by atoms with Crippen LogP contribution in [0.15, 0.2) is 41.7 Å². The van der Waals surface area contributed by atoms with Crippen molar-refractivity contribution in [3.8, 4) is 0 Å². The number of nitrogens with zero attached hydrogens (tertiary/aromatic N) is 2. The van der Waals surface area contributed by atoms with E-state index in [0.29, 0.717) is 27.5 Å². The van der Waals surface area contributed by atoms with Gasteiger partial charge in [0, 0.05) is 17.5 Å². The minimum absolute atomic E-state index is 0.0697. The third-order valence-electron chi connectivity index (χ3n) is 2.87. The van der Waals surface area contributed by atoms with E-state index >= 15 is 0 Å². The molecule has 1 aromatic heterocycles. The van der Waals surface area contributed by atoms with Crippen LogP contribution in [-0.2, 0) is 0 Å². The number of hydrogen-bond acceptors (Lipinski definition) is 4. The number of carbonyl (C=O) groups excluding carboxylic acids is 1. The fourth-order valence-corrected chi connectivity index (χ4v) is 1.92. The number of nitrogens with one attached hydrogen (secondary N) is 1. The summed E-state index contributed by atoms with van der Waals surface area (Å²) in [7, 11) is 0. The maximum Gasteiger partial charge on any atom is 0.257 e. The van der Waals surface area contributed by atoms with Crippen molar-refractivity contribution in [2.75, 3.05) is 5.32 Å². The molecule has 0 atom stereocenters. The molecule has 2 aromatic rings. The highest BCUT2D eigenvalue weighted by Gasteiger charge is 2.12. The summed E-state index contributed by atoms with van der Waals surface area (Å²) in [6.45, 7) is 1.74. The Hall–Kier alpha value is -2.60. The van der Waals surface area contributed by atoms with Crippen LogP contribution < -0.4 is 11.1 Å². The van der Waals surface area contributed by atoms with E-state index in [0.717, 1.165) is 0 Å². The largest absolute Gasteiger partial charge is 0.409 e. The molecule has 7 heteroatoms. The minimum Gasteiger partial charge on any atom is -0.409 e. The van der Waals surface area contributed by atoms with Gasteiger partial charge in [-0.3, -0.25) is 9.78 Å². The molecule has 4 N–H and O–H groups in total. The first-order valence-corrected chi connectivity index (χ1v) is 6.41. The van der Waals surface area contributed by atoms with Crippen molar-refractivity contribution in [1.29, 1.82) is 0 Å². The molecule has 1 amide bonds. The summed E-state index contributed by atoms with van der Waals surface area (Å²) in [5.41, 5.74) is 7.38. The first-order chi connectivity index (χ1) is 10.0. The van der Waals surface area contributed by atoms with Crippen molar-refractivity contribution in [3.05, 3.63) is 58.4 Å². The Morgan fingerprint density at radius 2 is 2.19 bits per heavy atom. The van der Waals surface area contributed by atoms with Crippen LogP contribution in [0.1, 0.15) is 21.6 Å². The topological polar surface area (TPSA) is 101 Å². The second kappa shape index (κ2) is 6.23. The van der Waals surface area contributed by atoms with Crippen molar-refractivity contribution in [2.24, 2.45) is 10.9 Å². The molecule has 21 heavy (non-hydrogen) atoms. The van der Waals surface area contributed by atoms with Gasteiger partial charge < -0.3 is 16.3 Å². The number of rotatable bonds is 3. The van der Waals surface area contributed by atoms with E-state index in [-0.39, 0.29) is 11.7 Å². The highest BCUT2D eigenvalue weighted by molar-refractivity contribution is 6.34. The van der Waals surface area contributed by atoms with Crippen LogP contribution in [0.25, 0.3) is 0 Å². The monoisotopic (exact) mass is 304 g/mol. The lowest BCUT2D eigenvalue weighted by atomic mass is 10.1. The maximum absolute atomic E-state index is 12.2. The van der Waals surface area contributed by atoms with Gasteiger partial charge in [0.2, 0.25) is 0 Å². The number of benzene rings is 1. The molecular weight excluding hydrogens is 292 g/mol. The zero-order chi connectivity index (χ0) is 15.4. The van der Waals surface area contributed by atoms with Crippen molar-refractivity contribution < 1.29 is 10.0 Å². The Bertz CT molecular complexity index is 716. The number of halogens is 1. The minimum atomic E-state index is -0.334. The summed E-state index contributed by atoms with van der Waals surface area (Å²) in [6.07, 6.45) is 1.61. The Labute approximate surface area is 126 Å². The van der Waals surface area contributed by atoms with Gasteiger partial charge in [0.15, 0.2) is 5.84 Å². The molecule has 0 saturated carbocycles. The molecule has 0 aliphatic carbocycles. The highest BCUT2D eigenvalue weighted by atomic mass is 35.5. The number of nitrogens with two attached hydrogens (primary N) is 1. The van der Waals surface area contributed by atoms with Gasteiger partial charge in [0.05, 0.1) is 16.3 Å². The Balaban J connectivity index is 2.31. The van der Waals surface area contributed by atoms with Crippen LogP contribution in [0.4, 0.5) is 5.69 Å². The second-order valence-corrected chi connectivity index (χ2v) is 4.68. The van der Waals surface area contributed by atoms with E-state index in [1.165, 1.54) is 6.07 Å². The molecular formula is C14H13ClN4O2. The van der Waals surface area contributed by atoms with Crippen LogP contribution in [0.2, 0.25) is 5.02 Å². The van der Waals surface area contributed by atoms with E-state index in [1.807, 2.05) is 0 Å². The quantitative estimate of drug-likeness (QED) is 0.351. The molecule has 0 aliphatic heterocycles. The Morgan fingerprint density at radius 3 is 2.86 bits per heavy atom. The Morgan fingerprint density at radius 1 is 1.43 bits per heavy atom. The molecule has 0 unspecified atom stereocenters. The number of aryl methyl sites for hydroxylation is 1. The zero-order valence-corrected chi connectivity index (χ0v) is 11.9. The van der Waals surface area contributed by atoms with E-state index in [4.69, 9.17) is 22.5 Å². The molecule has 0 fully saturated rings. The van der Waals surface area contributed by atoms with Crippen LogP contribution in [0.3, 0.4) is 0 Å². The molecule has 1 aromatic carbocycles. The number of hydrogen-bond donors (Lipinski definition) is 3. The van der Waals surface area contributed by atoms with Crippen LogP contribution in [-0.4, -0.2) is 21.9 Å². The molecule has 0 spiro atoms. The van der Waals surface area contributed by atoms with Gasteiger partial charge in [-0.25, -0.2) is 0 Å². The van der Waals surface area contributed by atoms with Gasteiger partial charge in [-0.2, -0.15) is 0 Å². The molecule has 0 radical (unpaired) electrons. The highest BCUT2D eigenvalue weighted by Crippen LogP contribution is 2.24. The molecule has 6 nitrogen and oxygen atoms in total. The SMILES string of the molecule is Cc1ncccc1C(=O)Nc1cc(/C(N)=N/O)ccc1Cl. The molecule has 0 bridgehead atoms. The number of carbonyl (C=O) groups is 1. The van der Waals surface area contributed by atoms with E-state index in [1.54, 1.807) is 37.4 Å². The average molecular weight is 305 g/mol. The van der Waals surface area contributed by atoms with Gasteiger partial charge in [-0.05, 0) is 37.3 Å². The third-order valence-corrected chi connectivity index (χ3v) is 3.20. The van der Waals surface area contributed by atoms with Gasteiger partial charge >= 0.3 is 0 Å². The number of pyridine rings is 1. The second-order valence-electron chi connectivity index (χ2n) is 4.27. The third kappa shape index (κ3) is 3.29. The van der Waals surface area contributed by atoms with Crippen LogP contribution >= 0.6 is 11.6 Å². The number of oxime groups is 1. The van der Waals surface area contributed by atoms with Crippen LogP contribution in [0, 0.1) is 6.92 Å². The first-order valence-electron chi connectivity index (χ1n) is 6.03. The summed E-state index contributed by atoms with van der Waals surface area (Å²) in [6, 6.07) is 8.01. The zero-order valence-electron chi connectivity index (χ0n) is 11.2. The molecule has 2 rings (SSSR count). The lowest BCUT2D eigenvalue weighted by Gasteiger charge is -2.10. The average Bonchev–Trinajstić information content (AvgIpc) is 2.49. The predicted molar refractivity (Wildman–Crippen MR) is 80.9 cm³/mol. The van der Waals surface area contributed by atoms with Gasteiger partial charge in [0.1, 0.15) is 0 Å². The van der Waals surface area contributed by atoms with Crippen molar-refractivity contribution in [2.45, 2.75) is 6.92 Å². The predicted octanol–water partition coefficient (Wildman–Crippen LogP) is 2.39. The van der Waals surface area contributed by atoms with E-state index in [9.17, 15) is 4.79 Å². The van der Waals surface area contributed by atoms with E-state index < -0.39 is 0 Å². The normalized spacial score (nSPS) is 11.2. The summed E-state index contributed by atoms with van der Waals surface area (Å²) >= 11 is 6.04. The fourth-order valence-electron chi connectivity index (χ4n) is 1.75. The standard InChI is InChI=1S/C14H13ClN4O2/c1-8-10(3-2-6-17-8)14(20)18-12-7-9(13(16)19-21)4-5-11(12)15/h2-7,21H,1H3,(H2,16,19)(H,18,20). The lowest BCUT2D eigenvalue weighted by Crippen LogP contribution is -2.16. The van der Waals surface area contributed by atoms with Gasteiger partial charge in [0.25, 0.3) is 5.91 Å². The number of anilines is 1. The van der Waals surface area contributed by atoms with Gasteiger partial charge in [-0.1, -0.05) is 16.8 Å². The summed E-state index contributed by atoms with van der Waals surface area (Å²) in [5, 5.41) is 14.6. The summed E-state index contributed by atoms with van der Waals surface area (Å²) < 4.78 is 0. The molecule has 0 saturated heterocycles. The van der Waals surface area contributed by atoms with Crippen molar-refractivity contribution in [1.82, 2.24) is 4.98 Å². The van der Waals surface area contributed by atoms with Crippen molar-refractivity contribution in [3.63, 3.8) is 0 Å². The molecule has 0 aliphatic rings. The van der Waals surface area contributed by atoms with Crippen molar-refractivity contribution >= 4 is 29.0 Å². The number of amidine groups is 1. The molecule has 1 heterocycles. The fraction of sp³-hybridized carbons (Fsp3) is 0.0714.